The van der Waals surface area contributed by atoms with Crippen molar-refractivity contribution in [2.45, 2.75) is 19.4 Å². The summed E-state index contributed by atoms with van der Waals surface area (Å²) >= 11 is 4.41. The van der Waals surface area contributed by atoms with E-state index >= 15 is 0 Å². The predicted octanol–water partition coefficient (Wildman–Crippen LogP) is 4.44. The average Bonchev–Trinajstić information content (AvgIpc) is 3.06. The molecule has 1 saturated heterocycles. The van der Waals surface area contributed by atoms with Gasteiger partial charge in [-0.3, -0.25) is 4.90 Å². The maximum Gasteiger partial charge on any atom is 0.0914 e. The number of piperazine rings is 1. The predicted molar refractivity (Wildman–Crippen MR) is 130 cm³/mol. The maximum absolute atomic E-state index is 5.27. The summed E-state index contributed by atoms with van der Waals surface area (Å²) in [5.41, 5.74) is 3.55. The zero-order valence-corrected chi connectivity index (χ0v) is 20.0. The fourth-order valence-electron chi connectivity index (χ4n) is 3.50. The summed E-state index contributed by atoms with van der Waals surface area (Å²) in [5, 5.41) is 4.93. The molecule has 1 N–H and O–H groups in total. The molecule has 0 radical (unpaired) electrons. The average molecular weight is 514 g/mol. The second-order valence-corrected chi connectivity index (χ2v) is 9.38. The van der Waals surface area contributed by atoms with Crippen LogP contribution in [0.2, 0.25) is 0 Å². The van der Waals surface area contributed by atoms with Crippen LogP contribution in [-0.4, -0.2) is 72.8 Å². The van der Waals surface area contributed by atoms with Crippen molar-refractivity contribution in [2.75, 3.05) is 55.9 Å². The number of methoxy groups -OCH3 is 1. The number of aliphatic imine (C=N–C) groups is 1. The van der Waals surface area contributed by atoms with Crippen molar-refractivity contribution >= 4 is 52.1 Å². The molecule has 2 aliphatic heterocycles. The molecule has 0 amide bonds. The van der Waals surface area contributed by atoms with Crippen LogP contribution in [0.3, 0.4) is 0 Å². The maximum atomic E-state index is 5.27. The summed E-state index contributed by atoms with van der Waals surface area (Å²) < 4.78 is 6.44. The standard InChI is InChI=1S/C21H31IN4OS/c1-16-17(12-22)14-28-21(16)24-20-7-5-4-6-19(20)23-15-26-10-9-25(2)18(13-26)8-11-27-3/h4-7,15,17-18,24H,8-14H2,1-3H3/b23-15+/t17-,18+/m1/s1. The van der Waals surface area contributed by atoms with E-state index in [1.807, 2.05) is 18.1 Å². The first-order valence-electron chi connectivity index (χ1n) is 9.85. The van der Waals surface area contributed by atoms with Crippen LogP contribution in [0.1, 0.15) is 13.3 Å². The lowest BCUT2D eigenvalue weighted by atomic mass is 10.1. The Hall–Kier alpha value is -0.770. The molecule has 0 aromatic heterocycles. The fraction of sp³-hybridized carbons (Fsp3) is 0.571. The Morgan fingerprint density at radius 3 is 2.93 bits per heavy atom. The Morgan fingerprint density at radius 1 is 1.36 bits per heavy atom. The first-order chi connectivity index (χ1) is 13.6. The highest BCUT2D eigenvalue weighted by atomic mass is 127. The van der Waals surface area contributed by atoms with E-state index in [-0.39, 0.29) is 0 Å². The smallest absolute Gasteiger partial charge is 0.0914 e. The van der Waals surface area contributed by atoms with Crippen LogP contribution >= 0.6 is 34.4 Å². The number of alkyl halides is 1. The molecule has 0 unspecified atom stereocenters. The highest BCUT2D eigenvalue weighted by molar-refractivity contribution is 14.1. The van der Waals surface area contributed by atoms with Crippen LogP contribution in [0.4, 0.5) is 11.4 Å². The number of hydrogen-bond acceptors (Lipinski definition) is 5. The number of nitrogens with one attached hydrogen (secondary N) is 1. The first kappa shape index (κ1) is 21.9. The second-order valence-electron chi connectivity index (χ2n) is 7.47. The van der Waals surface area contributed by atoms with E-state index in [0.717, 1.165) is 44.0 Å². The van der Waals surface area contributed by atoms with E-state index in [1.54, 1.807) is 7.11 Å². The Balaban J connectivity index is 1.67. The minimum absolute atomic E-state index is 0.515. The van der Waals surface area contributed by atoms with Gasteiger partial charge in [0.25, 0.3) is 0 Å². The summed E-state index contributed by atoms with van der Waals surface area (Å²) in [6.07, 6.45) is 3.07. The molecule has 28 heavy (non-hydrogen) atoms. The van der Waals surface area contributed by atoms with Crippen molar-refractivity contribution in [3.05, 3.63) is 34.9 Å². The molecule has 2 aliphatic rings. The monoisotopic (exact) mass is 514 g/mol. The van der Waals surface area contributed by atoms with Gasteiger partial charge in [-0.1, -0.05) is 34.7 Å². The van der Waals surface area contributed by atoms with Crippen LogP contribution in [0.15, 0.2) is 39.9 Å². The van der Waals surface area contributed by atoms with Gasteiger partial charge in [0.15, 0.2) is 0 Å². The van der Waals surface area contributed by atoms with Gasteiger partial charge in [-0.2, -0.15) is 0 Å². The number of para-hydroxylation sites is 2. The third kappa shape index (κ3) is 5.64. The number of rotatable bonds is 8. The summed E-state index contributed by atoms with van der Waals surface area (Å²) in [6.45, 7) is 6.12. The Labute approximate surface area is 187 Å². The van der Waals surface area contributed by atoms with Crippen LogP contribution in [-0.2, 0) is 4.74 Å². The molecular formula is C21H31IN4OS. The van der Waals surface area contributed by atoms with Gasteiger partial charge in [-0.05, 0) is 38.1 Å². The number of ether oxygens (including phenoxy) is 1. The molecule has 0 saturated carbocycles. The summed E-state index contributed by atoms with van der Waals surface area (Å²) in [6, 6.07) is 8.85. The van der Waals surface area contributed by atoms with Gasteiger partial charge in [0, 0.05) is 55.5 Å². The third-order valence-corrected chi connectivity index (χ3v) is 7.91. The topological polar surface area (TPSA) is 40.1 Å². The molecule has 3 rings (SSSR count). The first-order valence-corrected chi connectivity index (χ1v) is 12.4. The van der Waals surface area contributed by atoms with Crippen LogP contribution < -0.4 is 5.32 Å². The van der Waals surface area contributed by atoms with E-state index in [4.69, 9.17) is 9.73 Å². The van der Waals surface area contributed by atoms with Crippen molar-refractivity contribution < 1.29 is 4.74 Å². The normalized spacial score (nSPS) is 23.8. The molecule has 7 heteroatoms. The number of allylic oxidation sites excluding steroid dienone is 1. The zero-order chi connectivity index (χ0) is 19.9. The van der Waals surface area contributed by atoms with Crippen LogP contribution in [0, 0.1) is 5.92 Å². The molecule has 1 aromatic rings. The number of likely N-dealkylation sites (N-methyl/N-ethyl adjacent to an activating group) is 1. The number of halogens is 1. The van der Waals surface area contributed by atoms with Crippen molar-refractivity contribution in [2.24, 2.45) is 10.9 Å². The number of benzene rings is 1. The number of thioether (sulfide) groups is 1. The van der Waals surface area contributed by atoms with E-state index < -0.39 is 0 Å². The Morgan fingerprint density at radius 2 is 2.18 bits per heavy atom. The lowest BCUT2D eigenvalue weighted by Crippen LogP contribution is -2.51. The molecule has 5 nitrogen and oxygen atoms in total. The van der Waals surface area contributed by atoms with Crippen molar-refractivity contribution in [1.29, 1.82) is 0 Å². The summed E-state index contributed by atoms with van der Waals surface area (Å²) in [7, 11) is 3.97. The lowest BCUT2D eigenvalue weighted by molar-refractivity contribution is 0.102. The molecule has 0 spiro atoms. The van der Waals surface area contributed by atoms with Crippen molar-refractivity contribution in [3.63, 3.8) is 0 Å². The molecule has 1 aromatic carbocycles. The Bertz CT molecular complexity index is 711. The number of anilines is 1. The van der Waals surface area contributed by atoms with E-state index in [1.165, 1.54) is 20.8 Å². The minimum atomic E-state index is 0.515. The third-order valence-electron chi connectivity index (χ3n) is 5.56. The molecular weight excluding hydrogens is 483 g/mol. The van der Waals surface area contributed by atoms with Crippen LogP contribution in [0.25, 0.3) is 0 Å². The number of hydrogen-bond donors (Lipinski definition) is 1. The Kier molecular flexibility index (Phi) is 8.50. The summed E-state index contributed by atoms with van der Waals surface area (Å²) in [4.78, 5) is 9.59. The minimum Gasteiger partial charge on any atom is -0.385 e. The molecule has 0 bridgehead atoms. The van der Waals surface area contributed by atoms with Gasteiger partial charge in [-0.15, -0.1) is 11.8 Å². The molecule has 2 atom stereocenters. The second kappa shape index (κ2) is 10.8. The van der Waals surface area contributed by atoms with Gasteiger partial charge in [0.2, 0.25) is 0 Å². The molecule has 1 fully saturated rings. The SMILES string of the molecule is COCC[C@H]1CN(/C=N/c2ccccc2NC2=C(C)[C@H](CI)CS2)CCN1C. The van der Waals surface area contributed by atoms with Gasteiger partial charge in [-0.25, -0.2) is 4.99 Å². The number of nitrogens with zero attached hydrogens (tertiary/aromatic N) is 3. The van der Waals surface area contributed by atoms with Gasteiger partial charge in [0.1, 0.15) is 0 Å². The van der Waals surface area contributed by atoms with Gasteiger partial charge < -0.3 is 15.0 Å². The molecule has 154 valence electrons. The zero-order valence-electron chi connectivity index (χ0n) is 17.0. The van der Waals surface area contributed by atoms with E-state index in [0.29, 0.717) is 12.0 Å². The van der Waals surface area contributed by atoms with Crippen molar-refractivity contribution in [3.8, 4) is 0 Å². The fourth-order valence-corrected chi connectivity index (χ4v) is 6.21. The highest BCUT2D eigenvalue weighted by Gasteiger charge is 2.24. The van der Waals surface area contributed by atoms with Gasteiger partial charge >= 0.3 is 0 Å². The molecule has 0 aliphatic carbocycles. The van der Waals surface area contributed by atoms with E-state index in [9.17, 15) is 0 Å². The largest absolute Gasteiger partial charge is 0.385 e. The van der Waals surface area contributed by atoms with E-state index in [2.05, 4.69) is 75.9 Å². The van der Waals surface area contributed by atoms with Crippen molar-refractivity contribution in [1.82, 2.24) is 9.80 Å². The highest BCUT2D eigenvalue weighted by Crippen LogP contribution is 2.38. The molecule has 2 heterocycles. The lowest BCUT2D eigenvalue weighted by Gasteiger charge is -2.38. The quantitative estimate of drug-likeness (QED) is 0.241. The summed E-state index contributed by atoms with van der Waals surface area (Å²) in [5.74, 6) is 1.85. The van der Waals surface area contributed by atoms with Crippen LogP contribution in [0.5, 0.6) is 0 Å². The van der Waals surface area contributed by atoms with Gasteiger partial charge in [0.05, 0.1) is 22.7 Å².